The van der Waals surface area contributed by atoms with Gasteiger partial charge in [0.2, 0.25) is 0 Å². The van der Waals surface area contributed by atoms with Crippen LogP contribution in [-0.2, 0) is 14.6 Å². The molecule has 136 valence electrons. The molecule has 5 nitrogen and oxygen atoms in total. The van der Waals surface area contributed by atoms with Gasteiger partial charge in [-0.1, -0.05) is 24.3 Å². The molecule has 0 N–H and O–H groups in total. The molecule has 1 aliphatic rings. The number of ether oxygens (including phenoxy) is 1. The molecule has 0 radical (unpaired) electrons. The summed E-state index contributed by atoms with van der Waals surface area (Å²) in [5, 5.41) is 1.18. The molecule has 1 atom stereocenters. The number of sulfone groups is 1. The molecule has 2 aromatic carbocycles. The number of aryl methyl sites for hydroxylation is 2. The fraction of sp³-hybridized carbons (Fsp3) is 0.250. The minimum atomic E-state index is -3.28. The van der Waals surface area contributed by atoms with E-state index in [1.165, 1.54) is 10.3 Å². The number of para-hydroxylation sites is 1. The minimum Gasteiger partial charge on any atom is -0.484 e. The van der Waals surface area contributed by atoms with Crippen LogP contribution in [-0.4, -0.2) is 32.7 Å². The van der Waals surface area contributed by atoms with E-state index >= 15 is 0 Å². The van der Waals surface area contributed by atoms with Crippen molar-refractivity contribution in [1.29, 1.82) is 0 Å². The molecule has 0 saturated heterocycles. The molecule has 0 bridgehead atoms. The number of carbonyl (C=O) groups is 1. The molecule has 0 fully saturated rings. The molecule has 1 unspecified atom stereocenters. The van der Waals surface area contributed by atoms with Crippen LogP contribution in [0.4, 0.5) is 5.69 Å². The largest absolute Gasteiger partial charge is 0.484 e. The zero-order valence-corrected chi connectivity index (χ0v) is 15.6. The van der Waals surface area contributed by atoms with Gasteiger partial charge in [-0.2, -0.15) is 0 Å². The van der Waals surface area contributed by atoms with Gasteiger partial charge in [0.05, 0.1) is 11.8 Å². The van der Waals surface area contributed by atoms with Crippen molar-refractivity contribution in [2.24, 2.45) is 0 Å². The summed E-state index contributed by atoms with van der Waals surface area (Å²) in [4.78, 5) is 14.4. The molecule has 1 heterocycles. The summed E-state index contributed by atoms with van der Waals surface area (Å²) in [7, 11) is -3.28. The van der Waals surface area contributed by atoms with E-state index < -0.39 is 15.9 Å². The third kappa shape index (κ3) is 4.14. The monoisotopic (exact) mass is 371 g/mol. The van der Waals surface area contributed by atoms with Crippen molar-refractivity contribution in [3.63, 3.8) is 0 Å². The van der Waals surface area contributed by atoms with Crippen molar-refractivity contribution in [3.05, 3.63) is 71.1 Å². The summed E-state index contributed by atoms with van der Waals surface area (Å²) >= 11 is 0. The Morgan fingerprint density at radius 2 is 1.85 bits per heavy atom. The quantitative estimate of drug-likeness (QED) is 0.810. The Morgan fingerprint density at radius 3 is 2.46 bits per heavy atom. The predicted molar refractivity (Wildman–Crippen MR) is 102 cm³/mol. The van der Waals surface area contributed by atoms with Crippen molar-refractivity contribution in [2.75, 3.05) is 17.3 Å². The molecule has 1 amide bonds. The fourth-order valence-corrected chi connectivity index (χ4v) is 4.12. The van der Waals surface area contributed by atoms with Crippen molar-refractivity contribution >= 4 is 21.4 Å². The van der Waals surface area contributed by atoms with E-state index in [4.69, 9.17) is 4.74 Å². The molecule has 0 spiro atoms. The zero-order chi connectivity index (χ0) is 18.7. The fourth-order valence-electron chi connectivity index (χ4n) is 2.85. The molecule has 0 aliphatic carbocycles. The Morgan fingerprint density at radius 1 is 1.12 bits per heavy atom. The van der Waals surface area contributed by atoms with Gasteiger partial charge >= 0.3 is 0 Å². The second-order valence-electron chi connectivity index (χ2n) is 6.36. The summed E-state index contributed by atoms with van der Waals surface area (Å²) in [5.41, 5.74) is 2.81. The summed E-state index contributed by atoms with van der Waals surface area (Å²) in [5.74, 6) is 0.191. The number of amides is 1. The third-order valence-electron chi connectivity index (χ3n) is 4.39. The van der Waals surface area contributed by atoms with Gasteiger partial charge in [0.15, 0.2) is 16.4 Å². The third-order valence-corrected chi connectivity index (χ3v) is 5.76. The topological polar surface area (TPSA) is 63.7 Å². The van der Waals surface area contributed by atoms with Crippen LogP contribution in [0.15, 0.2) is 60.0 Å². The van der Waals surface area contributed by atoms with Crippen LogP contribution in [0.25, 0.3) is 0 Å². The Bertz CT molecular complexity index is 936. The van der Waals surface area contributed by atoms with Crippen LogP contribution in [0, 0.1) is 13.8 Å². The first-order valence-electron chi connectivity index (χ1n) is 8.34. The molecule has 1 aliphatic heterocycles. The SMILES string of the molecule is Cc1ccc(N(C(=O)COc2ccccc2)C2C=CS(=O)(=O)C2)cc1C. The van der Waals surface area contributed by atoms with Crippen molar-refractivity contribution < 1.29 is 17.9 Å². The van der Waals surface area contributed by atoms with Crippen LogP contribution in [0.1, 0.15) is 11.1 Å². The number of anilines is 1. The second-order valence-corrected chi connectivity index (χ2v) is 8.29. The normalized spacial score (nSPS) is 17.8. The number of carbonyl (C=O) groups excluding carboxylic acids is 1. The highest BCUT2D eigenvalue weighted by Gasteiger charge is 2.31. The molecule has 2 aromatic rings. The zero-order valence-electron chi connectivity index (χ0n) is 14.8. The predicted octanol–water partition coefficient (Wildman–Crippen LogP) is 3.03. The Kier molecular flexibility index (Phi) is 5.13. The number of hydrogen-bond donors (Lipinski definition) is 0. The first-order chi connectivity index (χ1) is 12.4. The highest BCUT2D eigenvalue weighted by molar-refractivity contribution is 7.94. The van der Waals surface area contributed by atoms with Gasteiger partial charge in [-0.3, -0.25) is 4.79 Å². The highest BCUT2D eigenvalue weighted by atomic mass is 32.2. The maximum atomic E-state index is 12.9. The van der Waals surface area contributed by atoms with Crippen LogP contribution < -0.4 is 9.64 Å². The van der Waals surface area contributed by atoms with Crippen LogP contribution >= 0.6 is 0 Å². The second kappa shape index (κ2) is 7.33. The van der Waals surface area contributed by atoms with E-state index in [0.29, 0.717) is 11.4 Å². The van der Waals surface area contributed by atoms with Crippen molar-refractivity contribution in [2.45, 2.75) is 19.9 Å². The summed E-state index contributed by atoms with van der Waals surface area (Å²) in [6, 6.07) is 14.2. The summed E-state index contributed by atoms with van der Waals surface area (Å²) < 4.78 is 29.3. The highest BCUT2D eigenvalue weighted by Crippen LogP contribution is 2.25. The first kappa shape index (κ1) is 18.2. The van der Waals surface area contributed by atoms with E-state index in [2.05, 4.69) is 0 Å². The maximum Gasteiger partial charge on any atom is 0.265 e. The van der Waals surface area contributed by atoms with Crippen LogP contribution in [0.2, 0.25) is 0 Å². The maximum absolute atomic E-state index is 12.9. The standard InChI is InChI=1S/C20H21NO4S/c1-15-8-9-17(12-16(15)2)21(18-10-11-26(23,24)14-18)20(22)13-25-19-6-4-3-5-7-19/h3-12,18H,13-14H2,1-2H3. The van der Waals surface area contributed by atoms with Gasteiger partial charge in [-0.25, -0.2) is 8.42 Å². The summed E-state index contributed by atoms with van der Waals surface area (Å²) in [6.45, 7) is 3.79. The van der Waals surface area contributed by atoms with Gasteiger partial charge in [-0.15, -0.1) is 0 Å². The summed E-state index contributed by atoms with van der Waals surface area (Å²) in [6.07, 6.45) is 1.56. The molecule has 6 heteroatoms. The lowest BCUT2D eigenvalue weighted by Crippen LogP contribution is -2.43. The lowest BCUT2D eigenvalue weighted by atomic mass is 10.1. The number of nitrogens with zero attached hydrogens (tertiary/aromatic N) is 1. The van der Waals surface area contributed by atoms with E-state index in [1.807, 2.05) is 50.2 Å². The van der Waals surface area contributed by atoms with E-state index in [9.17, 15) is 13.2 Å². The van der Waals surface area contributed by atoms with Crippen LogP contribution in [0.5, 0.6) is 5.75 Å². The molecule has 0 aromatic heterocycles. The molecular formula is C20H21NO4S. The van der Waals surface area contributed by atoms with Gasteiger partial charge in [0.25, 0.3) is 5.91 Å². The number of hydrogen-bond acceptors (Lipinski definition) is 4. The Balaban J connectivity index is 1.86. The van der Waals surface area contributed by atoms with Gasteiger partial charge in [0, 0.05) is 11.1 Å². The van der Waals surface area contributed by atoms with E-state index in [-0.39, 0.29) is 18.3 Å². The molecular weight excluding hydrogens is 350 g/mol. The van der Waals surface area contributed by atoms with Gasteiger partial charge < -0.3 is 9.64 Å². The average molecular weight is 371 g/mol. The Hall–Kier alpha value is -2.60. The smallest absolute Gasteiger partial charge is 0.265 e. The lowest BCUT2D eigenvalue weighted by Gasteiger charge is -2.28. The molecule has 0 saturated carbocycles. The van der Waals surface area contributed by atoms with E-state index in [0.717, 1.165) is 11.1 Å². The number of benzene rings is 2. The lowest BCUT2D eigenvalue weighted by molar-refractivity contribution is -0.120. The minimum absolute atomic E-state index is 0.114. The van der Waals surface area contributed by atoms with Crippen molar-refractivity contribution in [1.82, 2.24) is 0 Å². The average Bonchev–Trinajstić information content (AvgIpc) is 2.97. The van der Waals surface area contributed by atoms with Crippen LogP contribution in [0.3, 0.4) is 0 Å². The van der Waals surface area contributed by atoms with Crippen molar-refractivity contribution in [3.8, 4) is 5.75 Å². The molecule has 26 heavy (non-hydrogen) atoms. The molecule has 3 rings (SSSR count). The number of rotatable bonds is 5. The Labute approximate surface area is 153 Å². The van der Waals surface area contributed by atoms with Gasteiger partial charge in [-0.05, 0) is 55.3 Å². The van der Waals surface area contributed by atoms with Gasteiger partial charge in [0.1, 0.15) is 5.75 Å². The van der Waals surface area contributed by atoms with E-state index in [1.54, 1.807) is 18.2 Å². The first-order valence-corrected chi connectivity index (χ1v) is 10.1.